The minimum absolute atomic E-state index is 0.0547. The molecule has 0 aromatic heterocycles. The summed E-state index contributed by atoms with van der Waals surface area (Å²) in [6.07, 6.45) is 7.75. The van der Waals surface area contributed by atoms with Crippen LogP contribution < -0.4 is 5.73 Å². The van der Waals surface area contributed by atoms with Gasteiger partial charge in [-0.1, -0.05) is 25.7 Å². The van der Waals surface area contributed by atoms with Crippen molar-refractivity contribution in [2.75, 3.05) is 6.54 Å². The Morgan fingerprint density at radius 3 is 2.73 bits per heavy atom. The van der Waals surface area contributed by atoms with Crippen molar-refractivity contribution in [1.82, 2.24) is 0 Å². The number of hydrogen-bond acceptors (Lipinski definition) is 2. The molecule has 3 N–H and O–H groups in total. The van der Waals surface area contributed by atoms with E-state index in [-0.39, 0.29) is 11.8 Å². The quantitative estimate of drug-likeness (QED) is 0.750. The smallest absolute Gasteiger partial charge is 0.303 e. The molecule has 0 radical (unpaired) electrons. The third-order valence-electron chi connectivity index (χ3n) is 4.52. The van der Waals surface area contributed by atoms with Gasteiger partial charge in [0.15, 0.2) is 0 Å². The zero-order valence-corrected chi connectivity index (χ0v) is 9.24. The van der Waals surface area contributed by atoms with Crippen molar-refractivity contribution < 1.29 is 9.90 Å². The van der Waals surface area contributed by atoms with Crippen LogP contribution in [0.2, 0.25) is 0 Å². The maximum Gasteiger partial charge on any atom is 0.303 e. The van der Waals surface area contributed by atoms with E-state index < -0.39 is 5.97 Å². The standard InChI is InChI=1S/C12H21NO2/c13-8-12(7-11(14)15)6-9-4-2-1-3-5-10(9)12/h9-10H,1-8,13H2,(H,14,15)/t9?,10?,12-/m0/s1. The fourth-order valence-corrected chi connectivity index (χ4v) is 3.76. The highest BCUT2D eigenvalue weighted by Crippen LogP contribution is 2.57. The normalized spacial score (nSPS) is 40.1. The number of nitrogens with two attached hydrogens (primary N) is 1. The van der Waals surface area contributed by atoms with Crippen LogP contribution in [0, 0.1) is 17.3 Å². The Bertz CT molecular complexity index is 254. The molecule has 0 heterocycles. The predicted molar refractivity (Wildman–Crippen MR) is 58.4 cm³/mol. The predicted octanol–water partition coefficient (Wildman–Crippen LogP) is 2.01. The van der Waals surface area contributed by atoms with E-state index in [0.717, 1.165) is 12.3 Å². The first-order valence-corrected chi connectivity index (χ1v) is 6.10. The lowest BCUT2D eigenvalue weighted by atomic mass is 9.51. The van der Waals surface area contributed by atoms with Crippen molar-refractivity contribution in [2.45, 2.75) is 44.9 Å². The molecule has 3 nitrogen and oxygen atoms in total. The molecule has 3 atom stereocenters. The first kappa shape index (κ1) is 10.9. The minimum atomic E-state index is -0.678. The molecule has 0 aromatic rings. The Morgan fingerprint density at radius 2 is 2.07 bits per heavy atom. The summed E-state index contributed by atoms with van der Waals surface area (Å²) < 4.78 is 0. The number of fused-ring (bicyclic) bond motifs is 1. The number of carboxylic acid groups (broad SMARTS) is 1. The molecule has 86 valence electrons. The highest BCUT2D eigenvalue weighted by atomic mass is 16.4. The molecule has 0 aromatic carbocycles. The number of carboxylic acids is 1. The van der Waals surface area contributed by atoms with Gasteiger partial charge in [0.05, 0.1) is 6.42 Å². The van der Waals surface area contributed by atoms with E-state index in [1.165, 1.54) is 32.1 Å². The molecule has 0 amide bonds. The average molecular weight is 211 g/mol. The monoisotopic (exact) mass is 211 g/mol. The maximum atomic E-state index is 10.9. The molecule has 15 heavy (non-hydrogen) atoms. The van der Waals surface area contributed by atoms with Crippen molar-refractivity contribution in [3.05, 3.63) is 0 Å². The first-order valence-electron chi connectivity index (χ1n) is 6.10. The second-order valence-electron chi connectivity index (χ2n) is 5.35. The van der Waals surface area contributed by atoms with E-state index >= 15 is 0 Å². The Labute approximate surface area is 91.0 Å². The molecule has 0 saturated heterocycles. The van der Waals surface area contributed by atoms with Gasteiger partial charge in [0.2, 0.25) is 0 Å². The van der Waals surface area contributed by atoms with E-state index in [4.69, 9.17) is 10.8 Å². The first-order chi connectivity index (χ1) is 7.18. The summed E-state index contributed by atoms with van der Waals surface area (Å²) in [7, 11) is 0. The molecule has 0 bridgehead atoms. The largest absolute Gasteiger partial charge is 0.481 e. The molecule has 2 saturated carbocycles. The maximum absolute atomic E-state index is 10.9. The molecule has 2 unspecified atom stereocenters. The minimum Gasteiger partial charge on any atom is -0.481 e. The summed E-state index contributed by atoms with van der Waals surface area (Å²) in [4.78, 5) is 10.9. The lowest BCUT2D eigenvalue weighted by molar-refractivity contribution is -0.146. The van der Waals surface area contributed by atoms with E-state index in [1.807, 2.05) is 0 Å². The van der Waals surface area contributed by atoms with Crippen molar-refractivity contribution in [1.29, 1.82) is 0 Å². The third-order valence-corrected chi connectivity index (χ3v) is 4.52. The number of aliphatic carboxylic acids is 1. The highest BCUT2D eigenvalue weighted by molar-refractivity contribution is 5.68. The fraction of sp³-hybridized carbons (Fsp3) is 0.917. The van der Waals surface area contributed by atoms with Gasteiger partial charge in [-0.15, -0.1) is 0 Å². The van der Waals surface area contributed by atoms with E-state index in [1.54, 1.807) is 0 Å². The van der Waals surface area contributed by atoms with Crippen molar-refractivity contribution >= 4 is 5.97 Å². The van der Waals surface area contributed by atoms with Gasteiger partial charge in [0.25, 0.3) is 0 Å². The fourth-order valence-electron chi connectivity index (χ4n) is 3.76. The van der Waals surface area contributed by atoms with Gasteiger partial charge in [0.1, 0.15) is 0 Å². The van der Waals surface area contributed by atoms with Crippen LogP contribution in [0.15, 0.2) is 0 Å². The van der Waals surface area contributed by atoms with Crippen LogP contribution in [-0.4, -0.2) is 17.6 Å². The molecule has 2 aliphatic carbocycles. The van der Waals surface area contributed by atoms with Gasteiger partial charge in [-0.05, 0) is 36.6 Å². The number of hydrogen-bond donors (Lipinski definition) is 2. The second-order valence-corrected chi connectivity index (χ2v) is 5.35. The van der Waals surface area contributed by atoms with Crippen LogP contribution in [0.1, 0.15) is 44.9 Å². The van der Waals surface area contributed by atoms with Crippen LogP contribution in [-0.2, 0) is 4.79 Å². The topological polar surface area (TPSA) is 63.3 Å². The Morgan fingerprint density at radius 1 is 1.33 bits per heavy atom. The number of rotatable bonds is 3. The van der Waals surface area contributed by atoms with Gasteiger partial charge in [0, 0.05) is 0 Å². The summed E-state index contributed by atoms with van der Waals surface area (Å²) in [5, 5.41) is 8.95. The highest BCUT2D eigenvalue weighted by Gasteiger charge is 2.53. The van der Waals surface area contributed by atoms with Crippen LogP contribution in [0.5, 0.6) is 0 Å². The van der Waals surface area contributed by atoms with Crippen LogP contribution in [0.3, 0.4) is 0 Å². The summed E-state index contributed by atoms with van der Waals surface area (Å²) in [5.41, 5.74) is 5.76. The summed E-state index contributed by atoms with van der Waals surface area (Å²) in [6.45, 7) is 0.556. The molecule has 3 heteroatoms. The van der Waals surface area contributed by atoms with Crippen LogP contribution in [0.25, 0.3) is 0 Å². The lowest BCUT2D eigenvalue weighted by Gasteiger charge is -2.54. The van der Waals surface area contributed by atoms with Crippen molar-refractivity contribution in [2.24, 2.45) is 23.0 Å². The van der Waals surface area contributed by atoms with E-state index in [9.17, 15) is 4.79 Å². The molecule has 2 rings (SSSR count). The third kappa shape index (κ3) is 1.89. The lowest BCUT2D eigenvalue weighted by Crippen LogP contribution is -2.53. The SMILES string of the molecule is NC[C@@]1(CC(=O)O)CC2CCCCCC21. The second kappa shape index (κ2) is 4.12. The Balaban J connectivity index is 2.05. The van der Waals surface area contributed by atoms with Crippen molar-refractivity contribution in [3.63, 3.8) is 0 Å². The summed E-state index contributed by atoms with van der Waals surface area (Å²) in [6, 6.07) is 0. The van der Waals surface area contributed by atoms with E-state index in [2.05, 4.69) is 0 Å². The van der Waals surface area contributed by atoms with Gasteiger partial charge in [-0.3, -0.25) is 4.79 Å². The molecular formula is C12H21NO2. The van der Waals surface area contributed by atoms with Gasteiger partial charge in [-0.25, -0.2) is 0 Å². The zero-order valence-electron chi connectivity index (χ0n) is 9.24. The molecular weight excluding hydrogens is 190 g/mol. The number of carbonyl (C=O) groups is 1. The summed E-state index contributed by atoms with van der Waals surface area (Å²) in [5.74, 6) is 0.694. The van der Waals surface area contributed by atoms with Gasteiger partial charge >= 0.3 is 5.97 Å². The zero-order chi connectivity index (χ0) is 10.9. The van der Waals surface area contributed by atoms with Gasteiger partial charge < -0.3 is 10.8 Å². The van der Waals surface area contributed by atoms with Crippen molar-refractivity contribution in [3.8, 4) is 0 Å². The molecule has 0 aliphatic heterocycles. The summed E-state index contributed by atoms with van der Waals surface area (Å²) >= 11 is 0. The van der Waals surface area contributed by atoms with E-state index in [0.29, 0.717) is 12.5 Å². The Hall–Kier alpha value is -0.570. The average Bonchev–Trinajstić information content (AvgIpc) is 2.36. The van der Waals surface area contributed by atoms with Crippen LogP contribution in [0.4, 0.5) is 0 Å². The van der Waals surface area contributed by atoms with Gasteiger partial charge in [-0.2, -0.15) is 0 Å². The van der Waals surface area contributed by atoms with Crippen LogP contribution >= 0.6 is 0 Å². The molecule has 2 fully saturated rings. The molecule has 2 aliphatic rings. The Kier molecular flexibility index (Phi) is 3.01. The molecule has 0 spiro atoms.